The number of carbonyl (C=O) groups is 2. The third kappa shape index (κ3) is 2.47. The van der Waals surface area contributed by atoms with Crippen LogP contribution in [-0.2, 0) is 9.59 Å². The van der Waals surface area contributed by atoms with E-state index < -0.39 is 0 Å². The van der Waals surface area contributed by atoms with Gasteiger partial charge in [-0.1, -0.05) is 13.3 Å². The van der Waals surface area contributed by atoms with Gasteiger partial charge in [0.1, 0.15) is 6.04 Å². The van der Waals surface area contributed by atoms with E-state index in [0.717, 1.165) is 12.8 Å². The first-order chi connectivity index (χ1) is 6.66. The number of carbonyl (C=O) groups excluding carboxylic acids is 2. The lowest BCUT2D eigenvalue weighted by Gasteiger charge is -2.18. The zero-order valence-electron chi connectivity index (χ0n) is 8.88. The van der Waals surface area contributed by atoms with Crippen LogP contribution in [0.2, 0.25) is 0 Å². The van der Waals surface area contributed by atoms with Crippen LogP contribution in [0.4, 0.5) is 0 Å². The van der Waals surface area contributed by atoms with Gasteiger partial charge >= 0.3 is 0 Å². The molecule has 4 nitrogen and oxygen atoms in total. The fraction of sp³-hybridized carbons (Fsp3) is 0.800. The molecule has 1 aliphatic heterocycles. The molecule has 1 aliphatic rings. The molecule has 1 atom stereocenters. The summed E-state index contributed by atoms with van der Waals surface area (Å²) in [6.07, 6.45) is 3.23. The molecule has 4 heteroatoms. The highest BCUT2D eigenvalue weighted by Crippen LogP contribution is 2.16. The van der Waals surface area contributed by atoms with Crippen molar-refractivity contribution in [1.82, 2.24) is 10.2 Å². The second kappa shape index (κ2) is 4.98. The van der Waals surface area contributed by atoms with Gasteiger partial charge in [0.15, 0.2) is 0 Å². The Bertz CT molecular complexity index is 228. The van der Waals surface area contributed by atoms with Crippen LogP contribution < -0.4 is 5.32 Å². The fourth-order valence-corrected chi connectivity index (χ4v) is 1.62. The molecule has 1 fully saturated rings. The number of nitrogens with one attached hydrogen (secondary N) is 1. The summed E-state index contributed by atoms with van der Waals surface area (Å²) in [6, 6.07) is -0.237. The molecule has 0 aromatic carbocycles. The summed E-state index contributed by atoms with van der Waals surface area (Å²) >= 11 is 0. The molecule has 0 saturated carbocycles. The molecule has 1 unspecified atom stereocenters. The Hall–Kier alpha value is -1.06. The molecule has 0 spiro atoms. The van der Waals surface area contributed by atoms with E-state index in [2.05, 4.69) is 12.2 Å². The first-order valence-electron chi connectivity index (χ1n) is 5.20. The summed E-state index contributed by atoms with van der Waals surface area (Å²) in [5, 5.41) is 2.84. The van der Waals surface area contributed by atoms with Gasteiger partial charge in [0.25, 0.3) is 0 Å². The number of rotatable bonds is 4. The molecule has 0 aromatic rings. The Morgan fingerprint density at radius 3 is 2.86 bits per heavy atom. The average molecular weight is 198 g/mol. The Labute approximate surface area is 84.7 Å². The first kappa shape index (κ1) is 11.0. The zero-order valence-corrected chi connectivity index (χ0v) is 8.88. The number of unbranched alkanes of at least 4 members (excludes halogenated alkanes) is 1. The van der Waals surface area contributed by atoms with Gasteiger partial charge in [-0.2, -0.15) is 0 Å². The second-order valence-corrected chi connectivity index (χ2v) is 3.70. The Morgan fingerprint density at radius 1 is 1.64 bits per heavy atom. The van der Waals surface area contributed by atoms with Crippen molar-refractivity contribution >= 4 is 11.8 Å². The van der Waals surface area contributed by atoms with Crippen molar-refractivity contribution in [3.63, 3.8) is 0 Å². The van der Waals surface area contributed by atoms with Gasteiger partial charge in [0.2, 0.25) is 11.8 Å². The van der Waals surface area contributed by atoms with Crippen LogP contribution in [0.3, 0.4) is 0 Å². The van der Waals surface area contributed by atoms with Crippen molar-refractivity contribution in [2.24, 2.45) is 0 Å². The van der Waals surface area contributed by atoms with E-state index in [1.165, 1.54) is 0 Å². The minimum absolute atomic E-state index is 0.00759. The van der Waals surface area contributed by atoms with E-state index in [-0.39, 0.29) is 17.9 Å². The van der Waals surface area contributed by atoms with Gasteiger partial charge in [0.05, 0.1) is 0 Å². The first-order valence-corrected chi connectivity index (χ1v) is 5.20. The summed E-state index contributed by atoms with van der Waals surface area (Å²) in [4.78, 5) is 24.3. The third-order valence-electron chi connectivity index (χ3n) is 2.62. The molecule has 1 rings (SSSR count). The van der Waals surface area contributed by atoms with Crippen LogP contribution in [-0.4, -0.2) is 36.3 Å². The van der Waals surface area contributed by atoms with E-state index in [1.807, 2.05) is 0 Å². The van der Waals surface area contributed by atoms with Crippen LogP contribution >= 0.6 is 0 Å². The highest BCUT2D eigenvalue weighted by molar-refractivity contribution is 5.90. The summed E-state index contributed by atoms with van der Waals surface area (Å²) in [5.41, 5.74) is 0. The summed E-state index contributed by atoms with van der Waals surface area (Å²) < 4.78 is 0. The number of likely N-dealkylation sites (N-methyl/N-ethyl adjacent to an activating group) is 1. The maximum Gasteiger partial charge on any atom is 0.242 e. The highest BCUT2D eigenvalue weighted by Gasteiger charge is 2.32. The van der Waals surface area contributed by atoms with Crippen molar-refractivity contribution < 1.29 is 9.59 Å². The van der Waals surface area contributed by atoms with E-state index in [9.17, 15) is 9.59 Å². The molecule has 2 amide bonds. The van der Waals surface area contributed by atoms with Crippen LogP contribution in [0.1, 0.15) is 32.6 Å². The number of hydrogen-bond acceptors (Lipinski definition) is 2. The molecule has 80 valence electrons. The normalized spacial score (nSPS) is 21.4. The predicted octanol–water partition coefficient (Wildman–Crippen LogP) is 0.523. The van der Waals surface area contributed by atoms with Crippen molar-refractivity contribution in [3.8, 4) is 0 Å². The second-order valence-electron chi connectivity index (χ2n) is 3.70. The summed E-state index contributed by atoms with van der Waals surface area (Å²) in [6.45, 7) is 2.80. The summed E-state index contributed by atoms with van der Waals surface area (Å²) in [5.74, 6) is 0.0624. The van der Waals surface area contributed by atoms with E-state index in [4.69, 9.17) is 0 Å². The molecule has 1 heterocycles. The minimum Gasteiger partial charge on any atom is -0.354 e. The molecule has 0 bridgehead atoms. The van der Waals surface area contributed by atoms with Crippen LogP contribution in [0.5, 0.6) is 0 Å². The predicted molar refractivity (Wildman–Crippen MR) is 53.7 cm³/mol. The van der Waals surface area contributed by atoms with Gasteiger partial charge < -0.3 is 10.2 Å². The molecule has 1 saturated heterocycles. The van der Waals surface area contributed by atoms with Gasteiger partial charge in [-0.3, -0.25) is 9.59 Å². The number of likely N-dealkylation sites (tertiary alicyclic amines) is 1. The van der Waals surface area contributed by atoms with Gasteiger partial charge in [-0.15, -0.1) is 0 Å². The quantitative estimate of drug-likeness (QED) is 0.670. The minimum atomic E-state index is -0.237. The Kier molecular flexibility index (Phi) is 3.92. The van der Waals surface area contributed by atoms with Crippen LogP contribution in [0, 0.1) is 0 Å². The standard InChI is InChI=1S/C10H18N2O2/c1-3-4-7-11-10(14)8-5-6-9(13)12(8)2/h8H,3-7H2,1-2H3,(H,11,14). The molecule has 1 N–H and O–H groups in total. The maximum atomic E-state index is 11.6. The van der Waals surface area contributed by atoms with Gasteiger partial charge in [-0.25, -0.2) is 0 Å². The van der Waals surface area contributed by atoms with Crippen molar-refractivity contribution in [2.45, 2.75) is 38.6 Å². The third-order valence-corrected chi connectivity index (χ3v) is 2.62. The van der Waals surface area contributed by atoms with Crippen molar-refractivity contribution in [2.75, 3.05) is 13.6 Å². The molecular weight excluding hydrogens is 180 g/mol. The largest absolute Gasteiger partial charge is 0.354 e. The molecule has 0 aliphatic carbocycles. The lowest BCUT2D eigenvalue weighted by molar-refractivity contribution is -0.133. The molecule has 0 radical (unpaired) electrons. The van der Waals surface area contributed by atoms with Crippen molar-refractivity contribution in [1.29, 1.82) is 0 Å². The summed E-state index contributed by atoms with van der Waals surface area (Å²) in [7, 11) is 1.69. The van der Waals surface area contributed by atoms with Gasteiger partial charge in [-0.05, 0) is 12.8 Å². The maximum absolute atomic E-state index is 11.6. The number of hydrogen-bond donors (Lipinski definition) is 1. The van der Waals surface area contributed by atoms with Crippen LogP contribution in [0.25, 0.3) is 0 Å². The smallest absolute Gasteiger partial charge is 0.242 e. The number of amides is 2. The average Bonchev–Trinajstić information content (AvgIpc) is 2.48. The van der Waals surface area contributed by atoms with E-state index >= 15 is 0 Å². The topological polar surface area (TPSA) is 49.4 Å². The lowest BCUT2D eigenvalue weighted by Crippen LogP contribution is -2.42. The van der Waals surface area contributed by atoms with E-state index in [1.54, 1.807) is 11.9 Å². The monoisotopic (exact) mass is 198 g/mol. The highest BCUT2D eigenvalue weighted by atomic mass is 16.2. The van der Waals surface area contributed by atoms with Gasteiger partial charge in [0, 0.05) is 20.0 Å². The fourth-order valence-electron chi connectivity index (χ4n) is 1.62. The Balaban J connectivity index is 2.34. The zero-order chi connectivity index (χ0) is 10.6. The molecule has 14 heavy (non-hydrogen) atoms. The molecule has 0 aromatic heterocycles. The number of nitrogens with zero attached hydrogens (tertiary/aromatic N) is 1. The molecular formula is C10H18N2O2. The SMILES string of the molecule is CCCCNC(=O)C1CCC(=O)N1C. The van der Waals surface area contributed by atoms with E-state index in [0.29, 0.717) is 19.4 Å². The Morgan fingerprint density at radius 2 is 2.36 bits per heavy atom. The van der Waals surface area contributed by atoms with Crippen LogP contribution in [0.15, 0.2) is 0 Å². The van der Waals surface area contributed by atoms with Crippen molar-refractivity contribution in [3.05, 3.63) is 0 Å². The lowest BCUT2D eigenvalue weighted by atomic mass is 10.2.